The standard InChI is InChI=1S/C11H8F2N2O/c12-8-3-7(4-9(13)11(8)14)6-1-2-15-10(16)5-6/h1-5H,14H2,(H,15,16). The van der Waals surface area contributed by atoms with Crippen LogP contribution in [0.5, 0.6) is 0 Å². The number of nitrogen functional groups attached to an aromatic ring is 1. The summed E-state index contributed by atoms with van der Waals surface area (Å²) in [5.41, 5.74) is 4.99. The van der Waals surface area contributed by atoms with Crippen LogP contribution in [0, 0.1) is 11.6 Å². The number of aromatic amines is 1. The van der Waals surface area contributed by atoms with Crippen molar-refractivity contribution >= 4 is 5.69 Å². The maximum atomic E-state index is 13.2. The van der Waals surface area contributed by atoms with Crippen molar-refractivity contribution in [2.45, 2.75) is 0 Å². The normalized spacial score (nSPS) is 10.4. The zero-order chi connectivity index (χ0) is 11.7. The Balaban J connectivity index is 2.61. The van der Waals surface area contributed by atoms with Crippen molar-refractivity contribution < 1.29 is 8.78 Å². The lowest BCUT2D eigenvalue weighted by Gasteiger charge is -2.04. The van der Waals surface area contributed by atoms with Gasteiger partial charge in [-0.2, -0.15) is 0 Å². The van der Waals surface area contributed by atoms with Gasteiger partial charge < -0.3 is 10.7 Å². The molecule has 3 nitrogen and oxygen atoms in total. The molecular weight excluding hydrogens is 214 g/mol. The van der Waals surface area contributed by atoms with E-state index in [0.717, 1.165) is 12.1 Å². The first-order chi connectivity index (χ1) is 7.58. The number of pyridine rings is 1. The lowest BCUT2D eigenvalue weighted by molar-refractivity contribution is 0.592. The zero-order valence-corrected chi connectivity index (χ0v) is 8.13. The zero-order valence-electron chi connectivity index (χ0n) is 8.13. The van der Waals surface area contributed by atoms with Gasteiger partial charge in [0.05, 0.1) is 0 Å². The number of hydrogen-bond donors (Lipinski definition) is 2. The molecule has 0 spiro atoms. The number of hydrogen-bond acceptors (Lipinski definition) is 2. The lowest BCUT2D eigenvalue weighted by Crippen LogP contribution is -2.03. The number of nitrogens with one attached hydrogen (secondary N) is 1. The maximum absolute atomic E-state index is 13.2. The Kier molecular flexibility index (Phi) is 2.44. The molecule has 2 rings (SSSR count). The fourth-order valence-electron chi connectivity index (χ4n) is 1.38. The number of halogens is 2. The fraction of sp³-hybridized carbons (Fsp3) is 0. The van der Waals surface area contributed by atoms with E-state index < -0.39 is 17.3 Å². The largest absolute Gasteiger partial charge is 0.394 e. The van der Waals surface area contributed by atoms with Crippen LogP contribution in [0.25, 0.3) is 11.1 Å². The molecule has 0 aliphatic carbocycles. The summed E-state index contributed by atoms with van der Waals surface area (Å²) in [5, 5.41) is 0. The molecule has 0 fully saturated rings. The van der Waals surface area contributed by atoms with Gasteiger partial charge in [-0.25, -0.2) is 8.78 Å². The third-order valence-corrected chi connectivity index (χ3v) is 2.19. The first kappa shape index (κ1) is 10.4. The smallest absolute Gasteiger partial charge is 0.248 e. The predicted molar refractivity (Wildman–Crippen MR) is 56.8 cm³/mol. The second-order valence-electron chi connectivity index (χ2n) is 3.30. The van der Waals surface area contributed by atoms with Crippen LogP contribution in [0.2, 0.25) is 0 Å². The third kappa shape index (κ3) is 1.79. The molecule has 0 unspecified atom stereocenters. The number of rotatable bonds is 1. The molecule has 5 heteroatoms. The lowest BCUT2D eigenvalue weighted by atomic mass is 10.1. The monoisotopic (exact) mass is 222 g/mol. The van der Waals surface area contributed by atoms with Crippen LogP contribution < -0.4 is 11.3 Å². The number of H-pyrrole nitrogens is 1. The second-order valence-corrected chi connectivity index (χ2v) is 3.30. The third-order valence-electron chi connectivity index (χ3n) is 2.19. The van der Waals surface area contributed by atoms with E-state index in [2.05, 4.69) is 4.98 Å². The van der Waals surface area contributed by atoms with E-state index in [9.17, 15) is 13.6 Å². The van der Waals surface area contributed by atoms with Crippen molar-refractivity contribution in [3.8, 4) is 11.1 Å². The molecule has 0 amide bonds. The van der Waals surface area contributed by atoms with E-state index in [1.807, 2.05) is 0 Å². The Labute approximate surface area is 89.5 Å². The van der Waals surface area contributed by atoms with Gasteiger partial charge >= 0.3 is 0 Å². The Bertz CT molecular complexity index is 570. The molecule has 0 radical (unpaired) electrons. The highest BCUT2D eigenvalue weighted by Gasteiger charge is 2.09. The Morgan fingerprint density at radius 1 is 1.06 bits per heavy atom. The van der Waals surface area contributed by atoms with Crippen LogP contribution in [0.15, 0.2) is 35.3 Å². The summed E-state index contributed by atoms with van der Waals surface area (Å²) in [5.74, 6) is -1.68. The van der Waals surface area contributed by atoms with Crippen molar-refractivity contribution in [2.75, 3.05) is 5.73 Å². The molecule has 3 N–H and O–H groups in total. The van der Waals surface area contributed by atoms with Gasteiger partial charge in [0.1, 0.15) is 17.3 Å². The van der Waals surface area contributed by atoms with Crippen LogP contribution in [-0.2, 0) is 0 Å². The summed E-state index contributed by atoms with van der Waals surface area (Å²) in [6.45, 7) is 0. The number of benzene rings is 1. The molecule has 2 aromatic rings. The Hall–Kier alpha value is -2.17. The van der Waals surface area contributed by atoms with Gasteiger partial charge in [0, 0.05) is 12.3 Å². The molecule has 0 saturated carbocycles. The SMILES string of the molecule is Nc1c(F)cc(-c2cc[nH]c(=O)c2)cc1F. The quantitative estimate of drug-likeness (QED) is 0.724. The summed E-state index contributed by atoms with van der Waals surface area (Å²) >= 11 is 0. The summed E-state index contributed by atoms with van der Waals surface area (Å²) < 4.78 is 26.4. The maximum Gasteiger partial charge on any atom is 0.248 e. The predicted octanol–water partition coefficient (Wildman–Crippen LogP) is 1.90. The van der Waals surface area contributed by atoms with Crippen LogP contribution in [-0.4, -0.2) is 4.98 Å². The molecule has 0 aliphatic rings. The van der Waals surface area contributed by atoms with Gasteiger partial charge in [0.2, 0.25) is 5.56 Å². The average Bonchev–Trinajstić information content (AvgIpc) is 2.25. The van der Waals surface area contributed by atoms with E-state index in [1.54, 1.807) is 6.07 Å². The number of aromatic nitrogens is 1. The number of nitrogens with two attached hydrogens (primary N) is 1. The van der Waals surface area contributed by atoms with E-state index >= 15 is 0 Å². The van der Waals surface area contributed by atoms with E-state index in [1.165, 1.54) is 12.3 Å². The molecule has 1 aromatic carbocycles. The molecule has 0 bridgehead atoms. The first-order valence-corrected chi connectivity index (χ1v) is 4.51. The van der Waals surface area contributed by atoms with Crippen molar-refractivity contribution in [1.29, 1.82) is 0 Å². The van der Waals surface area contributed by atoms with Gasteiger partial charge in [-0.15, -0.1) is 0 Å². The minimum atomic E-state index is -0.838. The molecule has 82 valence electrons. The van der Waals surface area contributed by atoms with Crippen LogP contribution in [0.1, 0.15) is 0 Å². The van der Waals surface area contributed by atoms with Gasteiger partial charge in [0.15, 0.2) is 0 Å². The molecule has 16 heavy (non-hydrogen) atoms. The summed E-state index contributed by atoms with van der Waals surface area (Å²) in [6.07, 6.45) is 1.41. The van der Waals surface area contributed by atoms with E-state index in [-0.39, 0.29) is 11.1 Å². The highest BCUT2D eigenvalue weighted by molar-refractivity contribution is 5.65. The number of anilines is 1. The molecule has 1 heterocycles. The highest BCUT2D eigenvalue weighted by atomic mass is 19.1. The topological polar surface area (TPSA) is 58.9 Å². The van der Waals surface area contributed by atoms with Crippen LogP contribution >= 0.6 is 0 Å². The van der Waals surface area contributed by atoms with Crippen molar-refractivity contribution in [1.82, 2.24) is 4.98 Å². The molecule has 0 saturated heterocycles. The summed E-state index contributed by atoms with van der Waals surface area (Å²) in [4.78, 5) is 13.4. The summed E-state index contributed by atoms with van der Waals surface area (Å²) in [6, 6.07) is 4.98. The molecule has 0 aliphatic heterocycles. The van der Waals surface area contributed by atoms with Crippen molar-refractivity contribution in [3.63, 3.8) is 0 Å². The summed E-state index contributed by atoms with van der Waals surface area (Å²) in [7, 11) is 0. The van der Waals surface area contributed by atoms with Gasteiger partial charge in [-0.3, -0.25) is 4.79 Å². The van der Waals surface area contributed by atoms with Crippen LogP contribution in [0.4, 0.5) is 14.5 Å². The van der Waals surface area contributed by atoms with Gasteiger partial charge in [-0.05, 0) is 29.3 Å². The van der Waals surface area contributed by atoms with Gasteiger partial charge in [0.25, 0.3) is 0 Å². The Morgan fingerprint density at radius 2 is 1.69 bits per heavy atom. The first-order valence-electron chi connectivity index (χ1n) is 4.51. The van der Waals surface area contributed by atoms with Crippen LogP contribution in [0.3, 0.4) is 0 Å². The minimum absolute atomic E-state index is 0.273. The fourth-order valence-corrected chi connectivity index (χ4v) is 1.38. The van der Waals surface area contributed by atoms with Crippen molar-refractivity contribution in [2.24, 2.45) is 0 Å². The second kappa shape index (κ2) is 3.77. The Morgan fingerprint density at radius 3 is 2.25 bits per heavy atom. The van der Waals surface area contributed by atoms with Crippen molar-refractivity contribution in [3.05, 3.63) is 52.5 Å². The van der Waals surface area contributed by atoms with E-state index in [4.69, 9.17) is 5.73 Å². The average molecular weight is 222 g/mol. The molecule has 0 atom stereocenters. The molecule has 1 aromatic heterocycles. The highest BCUT2D eigenvalue weighted by Crippen LogP contribution is 2.24. The van der Waals surface area contributed by atoms with Gasteiger partial charge in [-0.1, -0.05) is 0 Å². The minimum Gasteiger partial charge on any atom is -0.394 e. The van der Waals surface area contributed by atoms with E-state index in [0.29, 0.717) is 5.56 Å². The molecular formula is C11H8F2N2O.